The van der Waals surface area contributed by atoms with E-state index in [0.717, 1.165) is 0 Å². The summed E-state index contributed by atoms with van der Waals surface area (Å²) in [5, 5.41) is 0.297. The van der Waals surface area contributed by atoms with Crippen LogP contribution in [0.5, 0.6) is 28.7 Å². The first kappa shape index (κ1) is 22.0. The second-order valence-electron chi connectivity index (χ2n) is 7.08. The number of rotatable bonds is 7. The molecular formula is C26H22O7. The summed E-state index contributed by atoms with van der Waals surface area (Å²) in [4.78, 5) is 25.6. The Kier molecular flexibility index (Phi) is 6.31. The largest absolute Gasteiger partial charge is 0.497 e. The minimum Gasteiger partial charge on any atom is -0.497 e. The molecule has 4 rings (SSSR count). The van der Waals surface area contributed by atoms with Crippen LogP contribution in [0.1, 0.15) is 23.0 Å². The van der Waals surface area contributed by atoms with Gasteiger partial charge in [0.1, 0.15) is 22.8 Å². The maximum Gasteiger partial charge on any atom is 0.343 e. The van der Waals surface area contributed by atoms with Gasteiger partial charge < -0.3 is 23.4 Å². The first-order valence-corrected chi connectivity index (χ1v) is 10.3. The van der Waals surface area contributed by atoms with E-state index in [9.17, 15) is 9.59 Å². The first-order chi connectivity index (χ1) is 16.0. The van der Waals surface area contributed by atoms with Gasteiger partial charge in [-0.1, -0.05) is 18.2 Å². The molecule has 7 heteroatoms. The van der Waals surface area contributed by atoms with Crippen LogP contribution in [0.4, 0.5) is 0 Å². The molecule has 0 spiro atoms. The van der Waals surface area contributed by atoms with Crippen LogP contribution in [-0.2, 0) is 0 Å². The summed E-state index contributed by atoms with van der Waals surface area (Å²) >= 11 is 0. The van der Waals surface area contributed by atoms with Gasteiger partial charge in [-0.2, -0.15) is 0 Å². The van der Waals surface area contributed by atoms with E-state index in [4.69, 9.17) is 23.4 Å². The highest BCUT2D eigenvalue weighted by Gasteiger charge is 2.17. The molecule has 0 saturated heterocycles. The molecule has 4 aromatic rings. The zero-order chi connectivity index (χ0) is 23.4. The van der Waals surface area contributed by atoms with E-state index in [-0.39, 0.29) is 28.3 Å². The van der Waals surface area contributed by atoms with Crippen LogP contribution in [0.2, 0.25) is 0 Å². The van der Waals surface area contributed by atoms with Gasteiger partial charge in [-0.05, 0) is 56.3 Å². The lowest BCUT2D eigenvalue weighted by Crippen LogP contribution is -2.10. The van der Waals surface area contributed by atoms with Crippen molar-refractivity contribution in [2.24, 2.45) is 0 Å². The Morgan fingerprint density at radius 1 is 0.939 bits per heavy atom. The van der Waals surface area contributed by atoms with Crippen LogP contribution >= 0.6 is 0 Å². The molecule has 7 nitrogen and oxygen atoms in total. The summed E-state index contributed by atoms with van der Waals surface area (Å²) in [6.07, 6.45) is 0. The number of aryl methyl sites for hydroxylation is 1. The third-order valence-corrected chi connectivity index (χ3v) is 4.86. The number of para-hydroxylation sites is 2. The molecule has 1 heterocycles. The zero-order valence-corrected chi connectivity index (χ0v) is 18.4. The van der Waals surface area contributed by atoms with E-state index in [1.54, 1.807) is 49.4 Å². The molecule has 0 N–H and O–H groups in total. The Hall–Kier alpha value is -4.26. The monoisotopic (exact) mass is 446 g/mol. The minimum atomic E-state index is -0.556. The predicted octanol–water partition coefficient (Wildman–Crippen LogP) is 5.52. The molecule has 33 heavy (non-hydrogen) atoms. The van der Waals surface area contributed by atoms with Crippen LogP contribution in [0, 0.1) is 6.92 Å². The first-order valence-electron chi connectivity index (χ1n) is 10.3. The molecule has 1 aromatic heterocycles. The van der Waals surface area contributed by atoms with Crippen molar-refractivity contribution in [3.05, 3.63) is 88.3 Å². The molecule has 0 aliphatic rings. The number of hydrogen-bond acceptors (Lipinski definition) is 7. The minimum absolute atomic E-state index is 0.0655. The normalized spacial score (nSPS) is 10.6. The van der Waals surface area contributed by atoms with Gasteiger partial charge in [-0.3, -0.25) is 4.79 Å². The Labute approximate surface area is 190 Å². The number of carbonyl (C=O) groups excluding carboxylic acids is 1. The molecule has 0 saturated carbocycles. The molecule has 0 aliphatic carbocycles. The molecule has 0 atom stereocenters. The molecular weight excluding hydrogens is 424 g/mol. The Balaban J connectivity index is 1.64. The Morgan fingerprint density at radius 3 is 2.48 bits per heavy atom. The number of ether oxygens (including phenoxy) is 4. The van der Waals surface area contributed by atoms with Crippen molar-refractivity contribution < 1.29 is 28.2 Å². The summed E-state index contributed by atoms with van der Waals surface area (Å²) in [5.41, 5.74) is 0.272. The fourth-order valence-electron chi connectivity index (χ4n) is 3.29. The molecule has 0 unspecified atom stereocenters. The summed E-state index contributed by atoms with van der Waals surface area (Å²) in [6.45, 7) is 3.96. The van der Waals surface area contributed by atoms with E-state index in [2.05, 4.69) is 0 Å². The highest BCUT2D eigenvalue weighted by atomic mass is 16.5. The van der Waals surface area contributed by atoms with Gasteiger partial charge in [0.15, 0.2) is 11.5 Å². The van der Waals surface area contributed by atoms with Crippen LogP contribution in [0.25, 0.3) is 11.0 Å². The van der Waals surface area contributed by atoms with Crippen molar-refractivity contribution in [3.8, 4) is 28.7 Å². The highest BCUT2D eigenvalue weighted by molar-refractivity contribution is 5.92. The lowest BCUT2D eigenvalue weighted by atomic mass is 10.2. The number of hydrogen-bond donors (Lipinski definition) is 0. The van der Waals surface area contributed by atoms with Crippen LogP contribution in [-0.4, -0.2) is 19.7 Å². The molecule has 0 radical (unpaired) electrons. The topological polar surface area (TPSA) is 84.2 Å². The average Bonchev–Trinajstić information content (AvgIpc) is 2.82. The van der Waals surface area contributed by atoms with Gasteiger partial charge in [-0.25, -0.2) is 4.79 Å². The highest BCUT2D eigenvalue weighted by Crippen LogP contribution is 2.33. The molecule has 3 aromatic carbocycles. The van der Waals surface area contributed by atoms with Gasteiger partial charge in [-0.15, -0.1) is 0 Å². The number of fused-ring (bicyclic) bond motifs is 1. The summed E-state index contributed by atoms with van der Waals surface area (Å²) < 4.78 is 27.9. The Bertz CT molecular complexity index is 1370. The number of esters is 1. The maximum atomic E-state index is 13.1. The van der Waals surface area contributed by atoms with Crippen molar-refractivity contribution in [2.45, 2.75) is 13.8 Å². The smallest absolute Gasteiger partial charge is 0.343 e. The van der Waals surface area contributed by atoms with Crippen LogP contribution in [0.15, 0.2) is 75.9 Å². The van der Waals surface area contributed by atoms with Crippen molar-refractivity contribution in [2.75, 3.05) is 13.7 Å². The molecule has 0 fully saturated rings. The van der Waals surface area contributed by atoms with Crippen LogP contribution < -0.4 is 24.4 Å². The lowest BCUT2D eigenvalue weighted by Gasteiger charge is -2.13. The van der Waals surface area contributed by atoms with Crippen molar-refractivity contribution >= 4 is 16.9 Å². The Morgan fingerprint density at radius 2 is 1.73 bits per heavy atom. The summed E-state index contributed by atoms with van der Waals surface area (Å²) in [5.74, 6) is 1.53. The van der Waals surface area contributed by atoms with Crippen LogP contribution in [0.3, 0.4) is 0 Å². The predicted molar refractivity (Wildman–Crippen MR) is 123 cm³/mol. The number of carbonyl (C=O) groups is 1. The number of methoxy groups -OCH3 is 1. The SMILES string of the molecule is CCOc1ccccc1Oc1c(C)oc2cc(OC(=O)c3cccc(OC)c3)ccc2c1=O. The van der Waals surface area contributed by atoms with Crippen molar-refractivity contribution in [3.63, 3.8) is 0 Å². The van der Waals surface area contributed by atoms with Gasteiger partial charge in [0, 0.05) is 6.07 Å². The molecule has 0 amide bonds. The standard InChI is InChI=1S/C26H22O7/c1-4-30-21-10-5-6-11-22(21)33-25-16(2)31-23-15-19(12-13-20(23)24(25)27)32-26(28)17-8-7-9-18(14-17)29-3/h5-15H,4H2,1-3H3. The molecule has 0 bridgehead atoms. The summed E-state index contributed by atoms with van der Waals surface area (Å²) in [7, 11) is 1.52. The third-order valence-electron chi connectivity index (χ3n) is 4.86. The maximum absolute atomic E-state index is 13.1. The van der Waals surface area contributed by atoms with Gasteiger partial charge in [0.25, 0.3) is 0 Å². The van der Waals surface area contributed by atoms with Crippen molar-refractivity contribution in [1.82, 2.24) is 0 Å². The van der Waals surface area contributed by atoms with E-state index in [1.165, 1.54) is 25.3 Å². The zero-order valence-electron chi connectivity index (χ0n) is 18.4. The fraction of sp³-hybridized carbons (Fsp3) is 0.154. The second kappa shape index (κ2) is 9.48. The van der Waals surface area contributed by atoms with Gasteiger partial charge >= 0.3 is 5.97 Å². The fourth-order valence-corrected chi connectivity index (χ4v) is 3.29. The second-order valence-corrected chi connectivity index (χ2v) is 7.08. The molecule has 0 aliphatic heterocycles. The van der Waals surface area contributed by atoms with Crippen molar-refractivity contribution in [1.29, 1.82) is 0 Å². The van der Waals surface area contributed by atoms with E-state index in [0.29, 0.717) is 34.8 Å². The van der Waals surface area contributed by atoms with Gasteiger partial charge in [0.2, 0.25) is 11.2 Å². The van der Waals surface area contributed by atoms with E-state index >= 15 is 0 Å². The average molecular weight is 446 g/mol. The third kappa shape index (κ3) is 4.67. The van der Waals surface area contributed by atoms with E-state index < -0.39 is 5.97 Å². The quantitative estimate of drug-likeness (QED) is 0.273. The summed E-state index contributed by atoms with van der Waals surface area (Å²) in [6, 6.07) is 18.3. The van der Waals surface area contributed by atoms with Gasteiger partial charge in [0.05, 0.1) is 24.7 Å². The van der Waals surface area contributed by atoms with E-state index in [1.807, 2.05) is 13.0 Å². The number of benzene rings is 3. The molecule has 168 valence electrons. The lowest BCUT2D eigenvalue weighted by molar-refractivity contribution is 0.0734.